The van der Waals surface area contributed by atoms with Crippen molar-refractivity contribution < 1.29 is 18.0 Å². The van der Waals surface area contributed by atoms with E-state index in [0.29, 0.717) is 0 Å². The number of halogens is 3. The van der Waals surface area contributed by atoms with E-state index in [9.17, 15) is 18.0 Å². The second kappa shape index (κ2) is 6.09. The number of hydrogen-bond donors (Lipinski definition) is 2. The van der Waals surface area contributed by atoms with E-state index in [1.807, 2.05) is 13.8 Å². The van der Waals surface area contributed by atoms with E-state index in [1.165, 1.54) is 6.20 Å². The van der Waals surface area contributed by atoms with Gasteiger partial charge >= 0.3 is 6.03 Å². The Labute approximate surface area is 103 Å². The average molecular weight is 258 g/mol. The molecule has 6 heteroatoms. The molecule has 98 valence electrons. The van der Waals surface area contributed by atoms with Gasteiger partial charge in [-0.3, -0.25) is 0 Å². The van der Waals surface area contributed by atoms with Gasteiger partial charge in [-0.25, -0.2) is 18.0 Å². The van der Waals surface area contributed by atoms with Crippen molar-refractivity contribution in [1.29, 1.82) is 0 Å². The highest BCUT2D eigenvalue weighted by Gasteiger charge is 2.14. The molecule has 2 N–H and O–H groups in total. The van der Waals surface area contributed by atoms with Crippen LogP contribution in [-0.2, 0) is 0 Å². The highest BCUT2D eigenvalue weighted by atomic mass is 19.2. The molecule has 0 aromatic heterocycles. The van der Waals surface area contributed by atoms with E-state index in [4.69, 9.17) is 0 Å². The first-order valence-corrected chi connectivity index (χ1v) is 5.29. The topological polar surface area (TPSA) is 41.1 Å². The molecule has 2 amide bonds. The molecule has 0 aliphatic heterocycles. The van der Waals surface area contributed by atoms with Gasteiger partial charge in [-0.1, -0.05) is 19.9 Å². The Kier molecular flexibility index (Phi) is 4.76. The second-order valence-corrected chi connectivity index (χ2v) is 3.92. The van der Waals surface area contributed by atoms with Gasteiger partial charge in [-0.05, 0) is 18.1 Å². The van der Waals surface area contributed by atoms with Crippen LogP contribution in [0.5, 0.6) is 0 Å². The lowest BCUT2D eigenvalue weighted by Crippen LogP contribution is -2.24. The molecule has 0 bridgehead atoms. The molecule has 0 saturated carbocycles. The zero-order chi connectivity index (χ0) is 13.7. The summed E-state index contributed by atoms with van der Waals surface area (Å²) in [5.41, 5.74) is -0.427. The highest BCUT2D eigenvalue weighted by Crippen LogP contribution is 2.19. The number of carbonyl (C=O) groups is 1. The summed E-state index contributed by atoms with van der Waals surface area (Å²) in [6, 6.07) is 0.939. The van der Waals surface area contributed by atoms with Crippen molar-refractivity contribution in [2.24, 2.45) is 5.92 Å². The summed E-state index contributed by atoms with van der Waals surface area (Å²) < 4.78 is 38.7. The van der Waals surface area contributed by atoms with Crippen LogP contribution in [0.15, 0.2) is 24.4 Å². The van der Waals surface area contributed by atoms with E-state index >= 15 is 0 Å². The third kappa shape index (κ3) is 3.80. The predicted molar refractivity (Wildman–Crippen MR) is 62.4 cm³/mol. The molecule has 0 heterocycles. The molecule has 1 rings (SSSR count). The maximum absolute atomic E-state index is 13.2. The van der Waals surface area contributed by atoms with E-state index in [2.05, 4.69) is 10.6 Å². The first-order valence-electron chi connectivity index (χ1n) is 5.29. The molecule has 1 aromatic rings. The van der Waals surface area contributed by atoms with Gasteiger partial charge in [0.1, 0.15) is 0 Å². The van der Waals surface area contributed by atoms with Crippen molar-refractivity contribution in [2.45, 2.75) is 13.8 Å². The van der Waals surface area contributed by atoms with Gasteiger partial charge in [0.25, 0.3) is 0 Å². The molecular weight excluding hydrogens is 245 g/mol. The molecule has 0 spiro atoms. The summed E-state index contributed by atoms with van der Waals surface area (Å²) in [6.07, 6.45) is 3.10. The Hall–Kier alpha value is -1.98. The van der Waals surface area contributed by atoms with Crippen LogP contribution >= 0.6 is 0 Å². The lowest BCUT2D eigenvalue weighted by Gasteiger charge is -2.06. The molecule has 0 atom stereocenters. The summed E-state index contributed by atoms with van der Waals surface area (Å²) in [6.45, 7) is 3.82. The number of nitrogens with one attached hydrogen (secondary N) is 2. The fourth-order valence-electron chi connectivity index (χ4n) is 1.10. The lowest BCUT2D eigenvalue weighted by molar-refractivity contribution is 0.255. The van der Waals surface area contributed by atoms with Gasteiger partial charge in [0.05, 0.1) is 5.69 Å². The Morgan fingerprint density at radius 3 is 2.50 bits per heavy atom. The smallest absolute Gasteiger partial charge is 0.315 e. The van der Waals surface area contributed by atoms with Crippen molar-refractivity contribution in [3.8, 4) is 0 Å². The van der Waals surface area contributed by atoms with Crippen LogP contribution in [0.1, 0.15) is 13.8 Å². The van der Waals surface area contributed by atoms with Crippen LogP contribution in [0.25, 0.3) is 0 Å². The van der Waals surface area contributed by atoms with Gasteiger partial charge in [-0.2, -0.15) is 0 Å². The maximum Gasteiger partial charge on any atom is 0.323 e. The Bertz CT molecular complexity index is 473. The molecule has 3 nitrogen and oxygen atoms in total. The number of urea groups is 1. The molecule has 0 aliphatic carbocycles. The van der Waals surface area contributed by atoms with E-state index in [0.717, 1.165) is 12.1 Å². The molecule has 0 radical (unpaired) electrons. The highest BCUT2D eigenvalue weighted by molar-refractivity contribution is 5.89. The number of amides is 2. The quantitative estimate of drug-likeness (QED) is 0.801. The SMILES string of the molecule is CC(C)/C=C/NC(=O)Nc1ccc(F)c(F)c1F. The molecule has 1 aromatic carbocycles. The van der Waals surface area contributed by atoms with Crippen molar-refractivity contribution in [2.75, 3.05) is 5.32 Å². The Morgan fingerprint density at radius 1 is 1.22 bits per heavy atom. The van der Waals surface area contributed by atoms with Crippen molar-refractivity contribution in [3.63, 3.8) is 0 Å². The third-order valence-corrected chi connectivity index (χ3v) is 1.98. The first kappa shape index (κ1) is 14.1. The molecule has 0 fully saturated rings. The fourth-order valence-corrected chi connectivity index (χ4v) is 1.10. The summed E-state index contributed by atoms with van der Waals surface area (Å²) >= 11 is 0. The summed E-state index contributed by atoms with van der Waals surface area (Å²) in [5.74, 6) is -4.12. The van der Waals surface area contributed by atoms with Gasteiger partial charge in [-0.15, -0.1) is 0 Å². The van der Waals surface area contributed by atoms with Crippen molar-refractivity contribution in [3.05, 3.63) is 41.9 Å². The van der Waals surface area contributed by atoms with Gasteiger partial charge in [0, 0.05) is 6.20 Å². The van der Waals surface area contributed by atoms with Gasteiger partial charge in [0.2, 0.25) is 0 Å². The standard InChI is InChI=1S/C12H13F3N2O/c1-7(2)5-6-16-12(18)17-9-4-3-8(13)10(14)11(9)15/h3-7H,1-2H3,(H2,16,17,18)/b6-5+. The summed E-state index contributed by atoms with van der Waals surface area (Å²) in [5, 5.41) is 4.38. The monoisotopic (exact) mass is 258 g/mol. The molecule has 0 unspecified atom stereocenters. The largest absolute Gasteiger partial charge is 0.323 e. The van der Waals surface area contributed by atoms with Crippen molar-refractivity contribution >= 4 is 11.7 Å². The van der Waals surface area contributed by atoms with Gasteiger partial charge in [0.15, 0.2) is 17.5 Å². The minimum atomic E-state index is -1.62. The van der Waals surface area contributed by atoms with Crippen LogP contribution in [0.2, 0.25) is 0 Å². The van der Waals surface area contributed by atoms with Crippen LogP contribution in [0, 0.1) is 23.4 Å². The second-order valence-electron chi connectivity index (χ2n) is 3.92. The minimum Gasteiger partial charge on any atom is -0.315 e. The lowest BCUT2D eigenvalue weighted by atomic mass is 10.2. The number of carbonyl (C=O) groups excluding carboxylic acids is 1. The predicted octanol–water partition coefficient (Wildman–Crippen LogP) is 3.40. The van der Waals surface area contributed by atoms with E-state index in [-0.39, 0.29) is 5.92 Å². The van der Waals surface area contributed by atoms with Crippen LogP contribution in [-0.4, -0.2) is 6.03 Å². The fraction of sp³-hybridized carbons (Fsp3) is 0.250. The molecule has 18 heavy (non-hydrogen) atoms. The zero-order valence-corrected chi connectivity index (χ0v) is 9.93. The number of anilines is 1. The third-order valence-electron chi connectivity index (χ3n) is 1.98. The Balaban J connectivity index is 2.68. The molecular formula is C12H13F3N2O. The van der Waals surface area contributed by atoms with E-state index in [1.54, 1.807) is 6.08 Å². The number of benzene rings is 1. The van der Waals surface area contributed by atoms with Crippen molar-refractivity contribution in [1.82, 2.24) is 5.32 Å². The average Bonchev–Trinajstić information content (AvgIpc) is 2.29. The Morgan fingerprint density at radius 2 is 1.89 bits per heavy atom. The zero-order valence-electron chi connectivity index (χ0n) is 9.93. The number of allylic oxidation sites excluding steroid dienone is 1. The van der Waals surface area contributed by atoms with Crippen LogP contribution in [0.3, 0.4) is 0 Å². The van der Waals surface area contributed by atoms with Gasteiger partial charge < -0.3 is 10.6 Å². The first-order chi connectivity index (χ1) is 8.41. The van der Waals surface area contributed by atoms with Crippen LogP contribution in [0.4, 0.5) is 23.7 Å². The van der Waals surface area contributed by atoms with E-state index < -0.39 is 29.2 Å². The summed E-state index contributed by atoms with van der Waals surface area (Å²) in [4.78, 5) is 11.3. The van der Waals surface area contributed by atoms with Crippen LogP contribution < -0.4 is 10.6 Å². The molecule has 0 aliphatic rings. The number of rotatable bonds is 3. The number of hydrogen-bond acceptors (Lipinski definition) is 1. The molecule has 0 saturated heterocycles. The summed E-state index contributed by atoms with van der Waals surface area (Å²) in [7, 11) is 0. The maximum atomic E-state index is 13.2. The normalized spacial score (nSPS) is 11.0. The minimum absolute atomic E-state index is 0.241.